The summed E-state index contributed by atoms with van der Waals surface area (Å²) in [6, 6.07) is 21.8. The van der Waals surface area contributed by atoms with Gasteiger partial charge in [-0.15, -0.1) is 0 Å². The number of carbonyl (C=O) groups is 2. The molecule has 0 aromatic heterocycles. The fourth-order valence-electron chi connectivity index (χ4n) is 5.63. The van der Waals surface area contributed by atoms with Gasteiger partial charge < -0.3 is 25.8 Å². The van der Waals surface area contributed by atoms with Crippen molar-refractivity contribution in [2.75, 3.05) is 18.0 Å². The normalized spacial score (nSPS) is 16.5. The Morgan fingerprint density at radius 3 is 2.35 bits per heavy atom. The minimum Gasteiger partial charge on any atom is -0.461 e. The Hall–Kier alpha value is -4.37. The first-order chi connectivity index (χ1) is 21.0. The third-order valence-electron chi connectivity index (χ3n) is 7.98. The van der Waals surface area contributed by atoms with E-state index in [1.807, 2.05) is 42.5 Å². The summed E-state index contributed by atoms with van der Waals surface area (Å²) in [5, 5.41) is 2.69. The van der Waals surface area contributed by atoms with Crippen LogP contribution in [0.4, 0.5) is 5.69 Å². The molecule has 9 nitrogen and oxygen atoms in total. The number of ether oxygens (including phenoxy) is 2. The van der Waals surface area contributed by atoms with Crippen LogP contribution in [-0.2, 0) is 22.5 Å². The number of benzene rings is 3. The van der Waals surface area contributed by atoms with E-state index in [4.69, 9.17) is 20.9 Å². The summed E-state index contributed by atoms with van der Waals surface area (Å²) >= 11 is 0. The minimum absolute atomic E-state index is 0.0158. The highest BCUT2D eigenvalue weighted by molar-refractivity contribution is 6.05. The molecule has 1 saturated heterocycles. The van der Waals surface area contributed by atoms with E-state index in [9.17, 15) is 9.59 Å². The Balaban J connectivity index is 1.22. The van der Waals surface area contributed by atoms with E-state index in [1.165, 1.54) is 6.42 Å². The van der Waals surface area contributed by atoms with Gasteiger partial charge in [-0.05, 0) is 93.3 Å². The highest BCUT2D eigenvalue weighted by Gasteiger charge is 2.23. The average Bonchev–Trinajstić information content (AvgIpc) is 3.54. The number of anilines is 1. The van der Waals surface area contributed by atoms with Crippen LogP contribution in [0.5, 0.6) is 11.5 Å². The van der Waals surface area contributed by atoms with Crippen LogP contribution in [0.15, 0.2) is 77.8 Å². The number of carbonyl (C=O) groups excluding carboxylic acids is 2. The molecule has 9 heteroatoms. The molecule has 43 heavy (non-hydrogen) atoms. The zero-order valence-corrected chi connectivity index (χ0v) is 24.5. The maximum atomic E-state index is 12.9. The van der Waals surface area contributed by atoms with Gasteiger partial charge in [0.25, 0.3) is 5.91 Å². The minimum atomic E-state index is -0.744. The van der Waals surface area contributed by atoms with Crippen molar-refractivity contribution in [3.8, 4) is 11.5 Å². The van der Waals surface area contributed by atoms with E-state index >= 15 is 0 Å². The lowest BCUT2D eigenvalue weighted by atomic mass is 10.0. The van der Waals surface area contributed by atoms with Crippen LogP contribution in [0.2, 0.25) is 0 Å². The van der Waals surface area contributed by atoms with Crippen LogP contribution < -0.4 is 26.4 Å². The fourth-order valence-corrected chi connectivity index (χ4v) is 5.63. The average molecular weight is 584 g/mol. The summed E-state index contributed by atoms with van der Waals surface area (Å²) < 4.78 is 11.8. The molecule has 0 radical (unpaired) electrons. The predicted molar refractivity (Wildman–Crippen MR) is 168 cm³/mol. The van der Waals surface area contributed by atoms with Gasteiger partial charge in [0.05, 0.1) is 6.54 Å². The lowest BCUT2D eigenvalue weighted by Gasteiger charge is -2.31. The summed E-state index contributed by atoms with van der Waals surface area (Å²) in [4.78, 5) is 32.1. The second-order valence-corrected chi connectivity index (χ2v) is 11.2. The van der Waals surface area contributed by atoms with Gasteiger partial charge >= 0.3 is 5.97 Å². The summed E-state index contributed by atoms with van der Waals surface area (Å²) in [5.74, 6) is 0.711. The van der Waals surface area contributed by atoms with Crippen LogP contribution in [0.25, 0.3) is 0 Å². The van der Waals surface area contributed by atoms with Crippen LogP contribution >= 0.6 is 0 Å². The Bertz CT molecular complexity index is 1400. The number of guanidine groups is 1. The molecule has 1 amide bonds. The number of nitrogens with two attached hydrogens (primary N) is 2. The summed E-state index contributed by atoms with van der Waals surface area (Å²) in [5.41, 5.74) is 15.5. The molecule has 2 aliphatic rings. The summed E-state index contributed by atoms with van der Waals surface area (Å²) in [6.45, 7) is 2.19. The van der Waals surface area contributed by atoms with Crippen molar-refractivity contribution >= 4 is 23.5 Å². The number of nitrogens with zero attached hydrogens (tertiary/aromatic N) is 2. The van der Waals surface area contributed by atoms with Gasteiger partial charge in [0.15, 0.2) is 5.96 Å². The van der Waals surface area contributed by atoms with Crippen molar-refractivity contribution in [1.29, 1.82) is 0 Å². The molecule has 0 spiro atoms. The van der Waals surface area contributed by atoms with E-state index in [0.29, 0.717) is 17.7 Å². The molecular formula is C34H41N5O4. The molecule has 2 fully saturated rings. The van der Waals surface area contributed by atoms with Gasteiger partial charge in [-0.3, -0.25) is 14.9 Å². The number of piperidine rings is 1. The first kappa shape index (κ1) is 30.1. The first-order valence-corrected chi connectivity index (χ1v) is 15.2. The van der Waals surface area contributed by atoms with Crippen molar-refractivity contribution in [3.05, 3.63) is 89.5 Å². The van der Waals surface area contributed by atoms with Crippen molar-refractivity contribution in [2.24, 2.45) is 16.5 Å². The standard InChI is InChI=1S/C34H41N5O4/c35-29(33(41)43-27-12-5-6-13-27)22-24-16-18-25(19-17-24)32(40)38-34(36)37-23-28-30(39-20-7-2-8-21-39)14-9-15-31(28)42-26-10-3-1-4-11-26/h1,3-4,9-11,14-19,27,29H,2,5-8,12-13,20-23,35H2,(H3,36,37,38,40). The van der Waals surface area contributed by atoms with Gasteiger partial charge in [-0.25, -0.2) is 4.99 Å². The Kier molecular flexibility index (Phi) is 10.3. The SMILES string of the molecule is NC(=NCc1c(Oc2ccccc2)cccc1N1CCCCC1)NC(=O)c1ccc(CC(N)C(=O)OC2CCCC2)cc1. The Morgan fingerprint density at radius 1 is 0.907 bits per heavy atom. The van der Waals surface area contributed by atoms with Crippen LogP contribution in [-0.4, -0.2) is 43.1 Å². The molecule has 0 bridgehead atoms. The van der Waals surface area contributed by atoms with Gasteiger partial charge in [0, 0.05) is 29.9 Å². The quantitative estimate of drug-likeness (QED) is 0.172. The largest absolute Gasteiger partial charge is 0.461 e. The number of para-hydroxylation sites is 1. The van der Waals surface area contributed by atoms with Gasteiger partial charge in [-0.1, -0.05) is 36.4 Å². The number of aliphatic imine (C=N–C) groups is 1. The lowest BCUT2D eigenvalue weighted by molar-refractivity contribution is -0.150. The molecule has 1 unspecified atom stereocenters. The van der Waals surface area contributed by atoms with E-state index in [0.717, 1.165) is 74.2 Å². The van der Waals surface area contributed by atoms with Crippen LogP contribution in [0.3, 0.4) is 0 Å². The molecular weight excluding hydrogens is 542 g/mol. The van der Waals surface area contributed by atoms with Gasteiger partial charge in [0.1, 0.15) is 23.6 Å². The predicted octanol–water partition coefficient (Wildman–Crippen LogP) is 5.07. The monoisotopic (exact) mass is 583 g/mol. The number of rotatable bonds is 10. The molecule has 5 N–H and O–H groups in total. The number of hydrogen-bond acceptors (Lipinski definition) is 7. The topological polar surface area (TPSA) is 132 Å². The lowest BCUT2D eigenvalue weighted by Crippen LogP contribution is -2.37. The highest BCUT2D eigenvalue weighted by atomic mass is 16.5. The smallest absolute Gasteiger partial charge is 0.323 e. The fraction of sp³-hybridized carbons (Fsp3) is 0.382. The van der Waals surface area contributed by atoms with E-state index in [2.05, 4.69) is 21.3 Å². The molecule has 1 aliphatic heterocycles. The number of amides is 1. The maximum Gasteiger partial charge on any atom is 0.323 e. The number of hydrogen-bond donors (Lipinski definition) is 3. The van der Waals surface area contributed by atoms with E-state index in [-0.39, 0.29) is 30.5 Å². The second kappa shape index (κ2) is 14.7. The van der Waals surface area contributed by atoms with Crippen molar-refractivity contribution in [1.82, 2.24) is 5.32 Å². The summed E-state index contributed by atoms with van der Waals surface area (Å²) in [6.07, 6.45) is 7.80. The Morgan fingerprint density at radius 2 is 1.63 bits per heavy atom. The molecule has 1 heterocycles. The van der Waals surface area contributed by atoms with E-state index in [1.54, 1.807) is 24.3 Å². The maximum absolute atomic E-state index is 12.9. The second-order valence-electron chi connectivity index (χ2n) is 11.2. The molecule has 226 valence electrons. The third-order valence-corrected chi connectivity index (χ3v) is 7.98. The zero-order valence-electron chi connectivity index (χ0n) is 24.5. The number of nitrogens with one attached hydrogen (secondary N) is 1. The molecule has 3 aromatic carbocycles. The van der Waals surface area contributed by atoms with Gasteiger partial charge in [0.2, 0.25) is 0 Å². The van der Waals surface area contributed by atoms with Crippen molar-refractivity contribution in [2.45, 2.75) is 70.1 Å². The van der Waals surface area contributed by atoms with Crippen LogP contribution in [0, 0.1) is 0 Å². The van der Waals surface area contributed by atoms with Crippen molar-refractivity contribution < 1.29 is 19.1 Å². The zero-order chi connectivity index (χ0) is 30.0. The molecule has 1 saturated carbocycles. The molecule has 1 aliphatic carbocycles. The molecule has 3 aromatic rings. The van der Waals surface area contributed by atoms with Gasteiger partial charge in [-0.2, -0.15) is 0 Å². The number of esters is 1. The summed E-state index contributed by atoms with van der Waals surface area (Å²) in [7, 11) is 0. The first-order valence-electron chi connectivity index (χ1n) is 15.2. The van der Waals surface area contributed by atoms with Crippen molar-refractivity contribution in [3.63, 3.8) is 0 Å². The molecule has 1 atom stereocenters. The highest BCUT2D eigenvalue weighted by Crippen LogP contribution is 2.34. The third kappa shape index (κ3) is 8.35. The molecule has 5 rings (SSSR count). The Labute approximate surface area is 253 Å². The van der Waals surface area contributed by atoms with Crippen LogP contribution in [0.1, 0.15) is 66.4 Å². The van der Waals surface area contributed by atoms with E-state index < -0.39 is 6.04 Å².